The molecule has 2 rings (SSSR count). The van der Waals surface area contributed by atoms with Crippen LogP contribution < -0.4 is 4.57 Å². The number of carbonyl (C=O) groups is 1. The number of hydrogen-bond donors (Lipinski definition) is 0. The molecule has 0 aliphatic carbocycles. The Kier molecular flexibility index (Phi) is 4.73. The molecule has 0 aliphatic heterocycles. The Morgan fingerprint density at radius 1 is 1.14 bits per heavy atom. The molecule has 0 N–H and O–H groups in total. The maximum atomic E-state index is 12.6. The summed E-state index contributed by atoms with van der Waals surface area (Å²) in [6.07, 6.45) is 1.97. The van der Waals surface area contributed by atoms with Crippen molar-refractivity contribution >= 4 is 5.91 Å². The van der Waals surface area contributed by atoms with Crippen molar-refractivity contribution in [3.05, 3.63) is 65.5 Å². The monoisotopic (exact) mass is 283 g/mol. The van der Waals surface area contributed by atoms with Crippen LogP contribution >= 0.6 is 0 Å². The summed E-state index contributed by atoms with van der Waals surface area (Å²) in [7, 11) is 1.86. The maximum absolute atomic E-state index is 12.6. The number of pyridine rings is 1. The van der Waals surface area contributed by atoms with Crippen molar-refractivity contribution in [3.8, 4) is 0 Å². The highest BCUT2D eigenvalue weighted by molar-refractivity contribution is 5.78. The predicted molar refractivity (Wildman–Crippen MR) is 83.7 cm³/mol. The van der Waals surface area contributed by atoms with Gasteiger partial charge in [-0.3, -0.25) is 4.79 Å². The number of carbonyl (C=O) groups excluding carboxylic acids is 1. The van der Waals surface area contributed by atoms with Gasteiger partial charge in [-0.25, -0.2) is 0 Å². The second kappa shape index (κ2) is 6.53. The van der Waals surface area contributed by atoms with E-state index in [4.69, 9.17) is 0 Å². The fourth-order valence-corrected chi connectivity index (χ4v) is 2.51. The van der Waals surface area contributed by atoms with Crippen molar-refractivity contribution in [3.63, 3.8) is 0 Å². The average Bonchev–Trinajstić information content (AvgIpc) is 2.49. The molecule has 0 saturated heterocycles. The van der Waals surface area contributed by atoms with Gasteiger partial charge in [-0.2, -0.15) is 4.57 Å². The van der Waals surface area contributed by atoms with Crippen molar-refractivity contribution in [2.24, 2.45) is 0 Å². The van der Waals surface area contributed by atoms with Gasteiger partial charge in [0, 0.05) is 39.1 Å². The normalized spacial score (nSPS) is 12.0. The molecular weight excluding hydrogens is 260 g/mol. The van der Waals surface area contributed by atoms with Gasteiger partial charge >= 0.3 is 0 Å². The number of benzene rings is 1. The summed E-state index contributed by atoms with van der Waals surface area (Å²) in [6.45, 7) is 6.71. The molecule has 1 atom stereocenters. The van der Waals surface area contributed by atoms with Crippen LogP contribution in [0.15, 0.2) is 48.7 Å². The highest BCUT2D eigenvalue weighted by Gasteiger charge is 2.27. The zero-order valence-electron chi connectivity index (χ0n) is 13.2. The summed E-state index contributed by atoms with van der Waals surface area (Å²) in [5, 5.41) is 0. The van der Waals surface area contributed by atoms with E-state index in [0.29, 0.717) is 6.54 Å². The minimum absolute atomic E-state index is 0.123. The third kappa shape index (κ3) is 3.48. The van der Waals surface area contributed by atoms with E-state index in [-0.39, 0.29) is 11.9 Å². The molecule has 21 heavy (non-hydrogen) atoms. The molecule has 0 unspecified atom stereocenters. The molecule has 3 heteroatoms. The summed E-state index contributed by atoms with van der Waals surface area (Å²) in [5.74, 6) is 0.123. The molecule has 0 radical (unpaired) electrons. The fraction of sp³-hybridized carbons (Fsp3) is 0.333. The van der Waals surface area contributed by atoms with Gasteiger partial charge < -0.3 is 4.90 Å². The van der Waals surface area contributed by atoms with Gasteiger partial charge in [0.1, 0.15) is 0 Å². The largest absolute Gasteiger partial charge is 0.336 e. The molecule has 110 valence electrons. The van der Waals surface area contributed by atoms with Gasteiger partial charge in [-0.1, -0.05) is 30.3 Å². The summed E-state index contributed by atoms with van der Waals surface area (Å²) in [6, 6.07) is 13.9. The number of amides is 1. The number of likely N-dealkylation sites (N-methyl/N-ethyl adjacent to an activating group) is 1. The van der Waals surface area contributed by atoms with Gasteiger partial charge in [-0.05, 0) is 18.6 Å². The van der Waals surface area contributed by atoms with Crippen LogP contribution in [0.25, 0.3) is 0 Å². The molecule has 0 aliphatic rings. The molecule has 0 saturated carbocycles. The van der Waals surface area contributed by atoms with Crippen molar-refractivity contribution < 1.29 is 9.36 Å². The third-order valence-electron chi connectivity index (χ3n) is 3.96. The summed E-state index contributed by atoms with van der Waals surface area (Å²) >= 11 is 0. The Balaban J connectivity index is 2.13. The maximum Gasteiger partial charge on any atom is 0.291 e. The topological polar surface area (TPSA) is 24.2 Å². The summed E-state index contributed by atoms with van der Waals surface area (Å²) < 4.78 is 2.04. The lowest BCUT2D eigenvalue weighted by molar-refractivity contribution is -0.712. The van der Waals surface area contributed by atoms with Gasteiger partial charge in [0.25, 0.3) is 5.91 Å². The van der Waals surface area contributed by atoms with Crippen molar-refractivity contribution in [1.29, 1.82) is 0 Å². The second-order valence-electron chi connectivity index (χ2n) is 5.54. The molecule has 1 aromatic carbocycles. The van der Waals surface area contributed by atoms with Crippen LogP contribution in [0.4, 0.5) is 0 Å². The van der Waals surface area contributed by atoms with Crippen LogP contribution in [-0.4, -0.2) is 17.9 Å². The SMILES string of the molecule is Cc1ccc[n+]([C@H](C)C(=O)N(C)Cc2ccccc2)c1C. The molecular formula is C18H23N2O+. The van der Waals surface area contributed by atoms with E-state index in [1.54, 1.807) is 4.90 Å². The van der Waals surface area contributed by atoms with Crippen LogP contribution in [0, 0.1) is 13.8 Å². The lowest BCUT2D eigenvalue weighted by Gasteiger charge is -2.19. The first-order chi connectivity index (χ1) is 10.0. The third-order valence-corrected chi connectivity index (χ3v) is 3.96. The quantitative estimate of drug-likeness (QED) is 0.792. The van der Waals surface area contributed by atoms with Crippen LogP contribution in [0.3, 0.4) is 0 Å². The zero-order valence-corrected chi connectivity index (χ0v) is 13.2. The van der Waals surface area contributed by atoms with E-state index in [9.17, 15) is 4.79 Å². The van der Waals surface area contributed by atoms with E-state index in [1.807, 2.05) is 61.1 Å². The van der Waals surface area contributed by atoms with Gasteiger partial charge in [0.2, 0.25) is 6.04 Å². The highest BCUT2D eigenvalue weighted by atomic mass is 16.2. The summed E-state index contributed by atoms with van der Waals surface area (Å²) in [4.78, 5) is 14.4. The molecule has 0 bridgehead atoms. The number of aromatic nitrogens is 1. The number of hydrogen-bond acceptors (Lipinski definition) is 1. The van der Waals surface area contributed by atoms with Gasteiger partial charge in [-0.15, -0.1) is 0 Å². The van der Waals surface area contributed by atoms with Crippen molar-refractivity contribution in [2.75, 3.05) is 7.05 Å². The fourth-order valence-electron chi connectivity index (χ4n) is 2.51. The Labute approximate surface area is 126 Å². The highest BCUT2D eigenvalue weighted by Crippen LogP contribution is 2.09. The molecule has 3 nitrogen and oxygen atoms in total. The van der Waals surface area contributed by atoms with E-state index in [0.717, 1.165) is 11.3 Å². The smallest absolute Gasteiger partial charge is 0.291 e. The van der Waals surface area contributed by atoms with Crippen molar-refractivity contribution in [2.45, 2.75) is 33.4 Å². The van der Waals surface area contributed by atoms with Crippen LogP contribution in [0.5, 0.6) is 0 Å². The average molecular weight is 283 g/mol. The molecule has 1 amide bonds. The first-order valence-electron chi connectivity index (χ1n) is 7.27. The first-order valence-corrected chi connectivity index (χ1v) is 7.27. The minimum atomic E-state index is -0.196. The molecule has 0 fully saturated rings. The van der Waals surface area contributed by atoms with Crippen molar-refractivity contribution in [1.82, 2.24) is 4.90 Å². The Morgan fingerprint density at radius 2 is 1.81 bits per heavy atom. The van der Waals surface area contributed by atoms with Gasteiger partial charge in [0.05, 0.1) is 0 Å². The van der Waals surface area contributed by atoms with E-state index in [2.05, 4.69) is 19.9 Å². The number of aryl methyl sites for hydroxylation is 1. The van der Waals surface area contributed by atoms with Crippen LogP contribution in [0.2, 0.25) is 0 Å². The van der Waals surface area contributed by atoms with E-state index >= 15 is 0 Å². The Morgan fingerprint density at radius 3 is 2.48 bits per heavy atom. The first kappa shape index (κ1) is 15.2. The number of rotatable bonds is 4. The molecule has 0 spiro atoms. The lowest BCUT2D eigenvalue weighted by Crippen LogP contribution is -2.49. The van der Waals surface area contributed by atoms with E-state index in [1.165, 1.54) is 5.56 Å². The summed E-state index contributed by atoms with van der Waals surface area (Å²) in [5.41, 5.74) is 3.47. The lowest BCUT2D eigenvalue weighted by atomic mass is 10.1. The molecule has 2 aromatic rings. The van der Waals surface area contributed by atoms with Crippen LogP contribution in [-0.2, 0) is 11.3 Å². The molecule has 1 aromatic heterocycles. The van der Waals surface area contributed by atoms with Gasteiger partial charge in [0.15, 0.2) is 11.9 Å². The molecule has 1 heterocycles. The second-order valence-corrected chi connectivity index (χ2v) is 5.54. The zero-order chi connectivity index (χ0) is 15.4. The Bertz CT molecular complexity index is 622. The minimum Gasteiger partial charge on any atom is -0.336 e. The predicted octanol–water partition coefficient (Wildman–Crippen LogP) is 2.81. The van der Waals surface area contributed by atoms with Crippen LogP contribution in [0.1, 0.15) is 29.8 Å². The Hall–Kier alpha value is -2.16. The standard InChI is InChI=1S/C18H23N2O/c1-14-9-8-12-20(15(14)2)16(3)18(21)19(4)13-17-10-6-5-7-11-17/h5-12,16H,13H2,1-4H3/q+1/t16-/m1/s1. The van der Waals surface area contributed by atoms with E-state index < -0.39 is 0 Å². The number of nitrogens with zero attached hydrogens (tertiary/aromatic N) is 2.